The Morgan fingerprint density at radius 1 is 1.38 bits per heavy atom. The Hall–Kier alpha value is -0.150. The van der Waals surface area contributed by atoms with Crippen molar-refractivity contribution in [1.29, 1.82) is 0 Å². The van der Waals surface area contributed by atoms with E-state index in [9.17, 15) is 8.78 Å². The summed E-state index contributed by atoms with van der Waals surface area (Å²) in [6, 6.07) is 2.12. The standard InChI is InChI=1S/C9H8BrClF2/c1-5(4-10)8-6(12)2-3-7(13)9(8)11/h2-3,5H,4H2,1H3. The molecule has 0 heterocycles. The van der Waals surface area contributed by atoms with Crippen molar-refractivity contribution >= 4 is 27.5 Å². The summed E-state index contributed by atoms with van der Waals surface area (Å²) in [4.78, 5) is 0. The first-order valence-corrected chi connectivity index (χ1v) is 5.27. The third-order valence-electron chi connectivity index (χ3n) is 1.80. The van der Waals surface area contributed by atoms with Gasteiger partial charge in [-0.3, -0.25) is 0 Å². The molecule has 0 bridgehead atoms. The fourth-order valence-corrected chi connectivity index (χ4v) is 1.73. The zero-order valence-electron chi connectivity index (χ0n) is 6.95. The molecule has 4 heteroatoms. The lowest BCUT2D eigenvalue weighted by Crippen LogP contribution is -2.01. The predicted molar refractivity (Wildman–Crippen MR) is 53.6 cm³/mol. The number of alkyl halides is 1. The van der Waals surface area contributed by atoms with E-state index in [2.05, 4.69) is 15.9 Å². The maximum absolute atomic E-state index is 13.2. The molecule has 0 saturated carbocycles. The van der Waals surface area contributed by atoms with E-state index in [4.69, 9.17) is 11.6 Å². The summed E-state index contributed by atoms with van der Waals surface area (Å²) in [6.07, 6.45) is 0. The fraction of sp³-hybridized carbons (Fsp3) is 0.333. The van der Waals surface area contributed by atoms with E-state index < -0.39 is 11.6 Å². The van der Waals surface area contributed by atoms with E-state index in [-0.39, 0.29) is 16.5 Å². The first-order valence-electron chi connectivity index (χ1n) is 3.77. The van der Waals surface area contributed by atoms with Gasteiger partial charge in [-0.1, -0.05) is 34.5 Å². The lowest BCUT2D eigenvalue weighted by Gasteiger charge is -2.11. The minimum absolute atomic E-state index is 0.119. The molecule has 0 nitrogen and oxygen atoms in total. The van der Waals surface area contributed by atoms with Gasteiger partial charge in [0.1, 0.15) is 11.6 Å². The van der Waals surface area contributed by atoms with Crippen LogP contribution in [0.25, 0.3) is 0 Å². The van der Waals surface area contributed by atoms with Crippen molar-refractivity contribution < 1.29 is 8.78 Å². The van der Waals surface area contributed by atoms with Crippen LogP contribution < -0.4 is 0 Å². The highest BCUT2D eigenvalue weighted by atomic mass is 79.9. The third-order valence-corrected chi connectivity index (χ3v) is 3.16. The smallest absolute Gasteiger partial charge is 0.142 e. The Bertz CT molecular complexity index is 315. The molecule has 0 spiro atoms. The maximum atomic E-state index is 13.2. The van der Waals surface area contributed by atoms with Crippen molar-refractivity contribution in [3.8, 4) is 0 Å². The molecule has 0 aromatic heterocycles. The Balaban J connectivity index is 3.25. The second-order valence-corrected chi connectivity index (χ2v) is 3.84. The molecule has 0 saturated heterocycles. The van der Waals surface area contributed by atoms with Crippen molar-refractivity contribution in [2.24, 2.45) is 0 Å². The number of rotatable bonds is 2. The van der Waals surface area contributed by atoms with Crippen LogP contribution in [-0.4, -0.2) is 5.33 Å². The van der Waals surface area contributed by atoms with E-state index in [1.807, 2.05) is 0 Å². The molecule has 0 aliphatic heterocycles. The summed E-state index contributed by atoms with van der Waals surface area (Å²) < 4.78 is 26.1. The molecule has 1 rings (SSSR count). The van der Waals surface area contributed by atoms with Crippen LogP contribution >= 0.6 is 27.5 Å². The summed E-state index contributed by atoms with van der Waals surface area (Å²) in [5.41, 5.74) is 0.235. The topological polar surface area (TPSA) is 0 Å². The van der Waals surface area contributed by atoms with Gasteiger partial charge in [-0.25, -0.2) is 8.78 Å². The Kier molecular flexibility index (Phi) is 3.68. The van der Waals surface area contributed by atoms with Crippen LogP contribution in [0.5, 0.6) is 0 Å². The normalized spacial score (nSPS) is 13.0. The first kappa shape index (κ1) is 10.9. The second-order valence-electron chi connectivity index (χ2n) is 2.81. The molecular formula is C9H8BrClF2. The number of benzene rings is 1. The molecule has 0 aliphatic carbocycles. The first-order chi connectivity index (χ1) is 6.07. The highest BCUT2D eigenvalue weighted by molar-refractivity contribution is 9.09. The van der Waals surface area contributed by atoms with Gasteiger partial charge in [-0.15, -0.1) is 0 Å². The largest absolute Gasteiger partial charge is 0.207 e. The van der Waals surface area contributed by atoms with E-state index in [1.54, 1.807) is 6.92 Å². The van der Waals surface area contributed by atoms with Crippen molar-refractivity contribution in [2.75, 3.05) is 5.33 Å². The molecule has 13 heavy (non-hydrogen) atoms. The molecule has 1 unspecified atom stereocenters. The highest BCUT2D eigenvalue weighted by Gasteiger charge is 2.16. The van der Waals surface area contributed by atoms with Gasteiger partial charge in [0.15, 0.2) is 0 Å². The van der Waals surface area contributed by atoms with Gasteiger partial charge in [0, 0.05) is 10.9 Å². The molecule has 72 valence electrons. The zero-order valence-corrected chi connectivity index (χ0v) is 9.29. The molecule has 1 atom stereocenters. The Morgan fingerprint density at radius 2 is 1.92 bits per heavy atom. The molecule has 0 aliphatic rings. The summed E-state index contributed by atoms with van der Waals surface area (Å²) in [7, 11) is 0. The van der Waals surface area contributed by atoms with Crippen LogP contribution in [0, 0.1) is 11.6 Å². The molecule has 0 amide bonds. The van der Waals surface area contributed by atoms with Gasteiger partial charge in [0.05, 0.1) is 5.02 Å². The van der Waals surface area contributed by atoms with Crippen LogP contribution in [0.1, 0.15) is 18.4 Å². The van der Waals surface area contributed by atoms with Crippen molar-refractivity contribution in [3.05, 3.63) is 34.4 Å². The minimum Gasteiger partial charge on any atom is -0.207 e. The predicted octanol–water partition coefficient (Wildman–Crippen LogP) is 4.12. The zero-order chi connectivity index (χ0) is 10.0. The number of hydrogen-bond acceptors (Lipinski definition) is 0. The second kappa shape index (κ2) is 4.38. The highest BCUT2D eigenvalue weighted by Crippen LogP contribution is 2.30. The SMILES string of the molecule is CC(CBr)c1c(F)ccc(F)c1Cl. The van der Waals surface area contributed by atoms with E-state index in [1.165, 1.54) is 0 Å². The van der Waals surface area contributed by atoms with Crippen molar-refractivity contribution in [2.45, 2.75) is 12.8 Å². The molecule has 1 aromatic carbocycles. The molecule has 0 radical (unpaired) electrons. The number of hydrogen-bond donors (Lipinski definition) is 0. The van der Waals surface area contributed by atoms with Crippen LogP contribution in [-0.2, 0) is 0 Å². The minimum atomic E-state index is -0.578. The van der Waals surface area contributed by atoms with Crippen LogP contribution in [0.3, 0.4) is 0 Å². The van der Waals surface area contributed by atoms with Crippen LogP contribution in [0.2, 0.25) is 5.02 Å². The quantitative estimate of drug-likeness (QED) is 0.560. The monoisotopic (exact) mass is 268 g/mol. The van der Waals surface area contributed by atoms with Gasteiger partial charge in [-0.05, 0) is 18.1 Å². The third kappa shape index (κ3) is 2.20. The molecule has 1 aromatic rings. The average Bonchev–Trinajstić information content (AvgIpc) is 2.12. The van der Waals surface area contributed by atoms with Gasteiger partial charge in [0.25, 0.3) is 0 Å². The van der Waals surface area contributed by atoms with Crippen LogP contribution in [0.4, 0.5) is 8.78 Å². The Labute approximate surface area is 89.0 Å². The van der Waals surface area contributed by atoms with Gasteiger partial charge < -0.3 is 0 Å². The summed E-state index contributed by atoms with van der Waals surface area (Å²) in [5.74, 6) is -1.17. The van der Waals surface area contributed by atoms with E-state index in [0.717, 1.165) is 12.1 Å². The molecule has 0 fully saturated rings. The maximum Gasteiger partial charge on any atom is 0.142 e. The molecular weight excluding hydrogens is 261 g/mol. The fourth-order valence-electron chi connectivity index (χ4n) is 1.07. The summed E-state index contributed by atoms with van der Waals surface area (Å²) in [5, 5.41) is 0.430. The van der Waals surface area contributed by atoms with E-state index in [0.29, 0.717) is 5.33 Å². The van der Waals surface area contributed by atoms with E-state index >= 15 is 0 Å². The molecule has 0 N–H and O–H groups in total. The van der Waals surface area contributed by atoms with Gasteiger partial charge in [0.2, 0.25) is 0 Å². The lowest BCUT2D eigenvalue weighted by molar-refractivity contribution is 0.577. The summed E-state index contributed by atoms with van der Waals surface area (Å²) >= 11 is 8.83. The van der Waals surface area contributed by atoms with Crippen molar-refractivity contribution in [3.63, 3.8) is 0 Å². The van der Waals surface area contributed by atoms with Gasteiger partial charge >= 0.3 is 0 Å². The Morgan fingerprint density at radius 3 is 2.46 bits per heavy atom. The number of halogens is 4. The van der Waals surface area contributed by atoms with Crippen LogP contribution in [0.15, 0.2) is 12.1 Å². The van der Waals surface area contributed by atoms with Gasteiger partial charge in [-0.2, -0.15) is 0 Å². The van der Waals surface area contributed by atoms with Crippen molar-refractivity contribution in [1.82, 2.24) is 0 Å². The average molecular weight is 270 g/mol. The summed E-state index contributed by atoms with van der Waals surface area (Å²) in [6.45, 7) is 1.78. The lowest BCUT2D eigenvalue weighted by atomic mass is 10.0.